The maximum absolute atomic E-state index is 5.40. The number of ether oxygens (including phenoxy) is 2. The summed E-state index contributed by atoms with van der Waals surface area (Å²) in [6, 6.07) is 10.3. The normalized spacial score (nSPS) is 17.6. The molecule has 6 nitrogen and oxygen atoms in total. The lowest BCUT2D eigenvalue weighted by atomic mass is 9.98. The Labute approximate surface area is 184 Å². The molecule has 1 aliphatic rings. The van der Waals surface area contributed by atoms with Crippen molar-refractivity contribution in [2.75, 3.05) is 40.4 Å². The third-order valence-electron chi connectivity index (χ3n) is 5.33. The molecule has 0 bridgehead atoms. The molecule has 1 unspecified atom stereocenters. The van der Waals surface area contributed by atoms with Gasteiger partial charge < -0.3 is 20.1 Å². The Morgan fingerprint density at radius 2 is 2.07 bits per heavy atom. The molecule has 2 N–H and O–H groups in total. The van der Waals surface area contributed by atoms with E-state index < -0.39 is 0 Å². The molecule has 0 spiro atoms. The first-order valence-electron chi connectivity index (χ1n) is 10.7. The average molecular weight is 431 g/mol. The summed E-state index contributed by atoms with van der Waals surface area (Å²) < 4.78 is 10.7. The molecule has 0 amide bonds. The van der Waals surface area contributed by atoms with Crippen molar-refractivity contribution in [1.82, 2.24) is 15.5 Å². The van der Waals surface area contributed by atoms with Gasteiger partial charge in [-0.05, 0) is 61.4 Å². The average Bonchev–Trinajstić information content (AvgIpc) is 3.28. The Morgan fingerprint density at radius 1 is 1.20 bits per heavy atom. The van der Waals surface area contributed by atoms with Crippen LogP contribution in [0.3, 0.4) is 0 Å². The minimum absolute atomic E-state index is 0.588. The fourth-order valence-electron chi connectivity index (χ4n) is 3.82. The summed E-state index contributed by atoms with van der Waals surface area (Å²) >= 11 is 1.85. The number of nitrogens with one attached hydrogen (secondary N) is 2. The lowest BCUT2D eigenvalue weighted by Crippen LogP contribution is -2.44. The zero-order valence-corrected chi connectivity index (χ0v) is 19.1. The third kappa shape index (κ3) is 6.64. The molecular formula is C23H34N4O2S. The van der Waals surface area contributed by atoms with Crippen molar-refractivity contribution in [3.8, 4) is 11.5 Å². The Morgan fingerprint density at radius 3 is 2.80 bits per heavy atom. The van der Waals surface area contributed by atoms with Crippen molar-refractivity contribution in [2.45, 2.75) is 32.9 Å². The van der Waals surface area contributed by atoms with Crippen LogP contribution in [0.15, 0.2) is 40.7 Å². The van der Waals surface area contributed by atoms with Gasteiger partial charge in [0.2, 0.25) is 0 Å². The smallest absolute Gasteiger partial charge is 0.191 e. The van der Waals surface area contributed by atoms with E-state index in [0.717, 1.165) is 49.2 Å². The van der Waals surface area contributed by atoms with Gasteiger partial charge in [0.15, 0.2) is 17.5 Å². The highest BCUT2D eigenvalue weighted by molar-refractivity contribution is 7.09. The molecule has 0 saturated carbocycles. The quantitative estimate of drug-likeness (QED) is 0.469. The van der Waals surface area contributed by atoms with Crippen LogP contribution in [0.1, 0.15) is 30.2 Å². The predicted octanol–water partition coefficient (Wildman–Crippen LogP) is 3.73. The van der Waals surface area contributed by atoms with Gasteiger partial charge in [0.1, 0.15) is 0 Å². The molecule has 0 radical (unpaired) electrons. The predicted molar refractivity (Wildman–Crippen MR) is 125 cm³/mol. The standard InChI is InChI=1S/C23H34N4O2S/c1-4-24-23(25-14-18-9-10-21(28-2)22(13-18)29-3)26-15-19-7-5-11-27(16-19)17-20-8-6-12-30-20/h6,8-10,12-13,19H,4-5,7,11,14-17H2,1-3H3,(H2,24,25,26). The van der Waals surface area contributed by atoms with Gasteiger partial charge in [-0.25, -0.2) is 4.99 Å². The van der Waals surface area contributed by atoms with Crippen LogP contribution >= 0.6 is 11.3 Å². The number of thiophene rings is 1. The summed E-state index contributed by atoms with van der Waals surface area (Å²) in [4.78, 5) is 8.80. The van der Waals surface area contributed by atoms with E-state index in [1.165, 1.54) is 24.3 Å². The summed E-state index contributed by atoms with van der Waals surface area (Å²) in [6.07, 6.45) is 2.53. The minimum atomic E-state index is 0.588. The first-order chi connectivity index (χ1) is 14.7. The van der Waals surface area contributed by atoms with Crippen molar-refractivity contribution in [3.63, 3.8) is 0 Å². The van der Waals surface area contributed by atoms with Crippen molar-refractivity contribution in [2.24, 2.45) is 10.9 Å². The molecule has 1 aromatic carbocycles. The van der Waals surface area contributed by atoms with Gasteiger partial charge in [-0.2, -0.15) is 0 Å². The molecule has 164 valence electrons. The SMILES string of the molecule is CCNC(=NCc1ccc(OC)c(OC)c1)NCC1CCCN(Cc2cccs2)C1. The summed E-state index contributed by atoms with van der Waals surface area (Å²) in [6.45, 7) is 7.87. The van der Waals surface area contributed by atoms with Gasteiger partial charge in [0, 0.05) is 31.1 Å². The highest BCUT2D eigenvalue weighted by Crippen LogP contribution is 2.27. The largest absolute Gasteiger partial charge is 0.493 e. The molecule has 1 atom stereocenters. The summed E-state index contributed by atoms with van der Waals surface area (Å²) in [7, 11) is 3.30. The number of rotatable bonds is 9. The van der Waals surface area contributed by atoms with Crippen LogP contribution in [0.4, 0.5) is 0 Å². The number of guanidine groups is 1. The highest BCUT2D eigenvalue weighted by atomic mass is 32.1. The number of hydrogen-bond donors (Lipinski definition) is 2. The molecule has 1 saturated heterocycles. The molecule has 2 aromatic rings. The second-order valence-electron chi connectivity index (χ2n) is 7.59. The molecule has 30 heavy (non-hydrogen) atoms. The van der Waals surface area contributed by atoms with Crippen LogP contribution in [0.2, 0.25) is 0 Å². The fraction of sp³-hybridized carbons (Fsp3) is 0.522. The van der Waals surface area contributed by atoms with E-state index in [9.17, 15) is 0 Å². The number of likely N-dealkylation sites (tertiary alicyclic amines) is 1. The molecule has 2 heterocycles. The number of benzene rings is 1. The van der Waals surface area contributed by atoms with Crippen LogP contribution in [0.5, 0.6) is 11.5 Å². The zero-order valence-electron chi connectivity index (χ0n) is 18.3. The summed E-state index contributed by atoms with van der Waals surface area (Å²) in [5, 5.41) is 9.07. The van der Waals surface area contributed by atoms with E-state index in [1.54, 1.807) is 14.2 Å². The van der Waals surface area contributed by atoms with Gasteiger partial charge in [0.05, 0.1) is 20.8 Å². The fourth-order valence-corrected chi connectivity index (χ4v) is 4.56. The van der Waals surface area contributed by atoms with Gasteiger partial charge in [0.25, 0.3) is 0 Å². The van der Waals surface area contributed by atoms with Crippen LogP contribution in [-0.2, 0) is 13.1 Å². The highest BCUT2D eigenvalue weighted by Gasteiger charge is 2.20. The maximum Gasteiger partial charge on any atom is 0.191 e. The van der Waals surface area contributed by atoms with Crippen LogP contribution < -0.4 is 20.1 Å². The number of methoxy groups -OCH3 is 2. The third-order valence-corrected chi connectivity index (χ3v) is 6.19. The van der Waals surface area contributed by atoms with E-state index in [1.807, 2.05) is 29.5 Å². The van der Waals surface area contributed by atoms with E-state index in [2.05, 4.69) is 40.0 Å². The second kappa shape index (κ2) is 11.8. The topological polar surface area (TPSA) is 58.1 Å². The Balaban J connectivity index is 1.53. The van der Waals surface area contributed by atoms with Gasteiger partial charge in [-0.15, -0.1) is 11.3 Å². The van der Waals surface area contributed by atoms with E-state index in [-0.39, 0.29) is 0 Å². The van der Waals surface area contributed by atoms with Gasteiger partial charge >= 0.3 is 0 Å². The molecule has 0 aliphatic carbocycles. The van der Waals surface area contributed by atoms with Gasteiger partial charge in [-0.3, -0.25) is 4.90 Å². The molecule has 1 fully saturated rings. The van der Waals surface area contributed by atoms with Gasteiger partial charge in [-0.1, -0.05) is 12.1 Å². The van der Waals surface area contributed by atoms with Crippen LogP contribution in [-0.4, -0.2) is 51.3 Å². The first-order valence-corrected chi connectivity index (χ1v) is 11.6. The summed E-state index contributed by atoms with van der Waals surface area (Å²) in [5.74, 6) is 2.97. The van der Waals surface area contributed by atoms with E-state index in [4.69, 9.17) is 14.5 Å². The van der Waals surface area contributed by atoms with Crippen molar-refractivity contribution in [1.29, 1.82) is 0 Å². The van der Waals surface area contributed by atoms with Crippen molar-refractivity contribution in [3.05, 3.63) is 46.2 Å². The lowest BCUT2D eigenvalue weighted by Gasteiger charge is -2.32. The molecular weight excluding hydrogens is 396 g/mol. The Hall–Kier alpha value is -2.25. The number of hydrogen-bond acceptors (Lipinski definition) is 5. The lowest BCUT2D eigenvalue weighted by molar-refractivity contribution is 0.169. The number of nitrogens with zero attached hydrogens (tertiary/aromatic N) is 2. The zero-order chi connectivity index (χ0) is 21.2. The Kier molecular flexibility index (Phi) is 8.83. The monoisotopic (exact) mass is 430 g/mol. The molecule has 3 rings (SSSR count). The number of piperidine rings is 1. The summed E-state index contributed by atoms with van der Waals surface area (Å²) in [5.41, 5.74) is 1.09. The van der Waals surface area contributed by atoms with Crippen LogP contribution in [0, 0.1) is 5.92 Å². The molecule has 1 aromatic heterocycles. The number of aliphatic imine (C=N–C) groups is 1. The molecule has 7 heteroatoms. The maximum atomic E-state index is 5.40. The Bertz CT molecular complexity index is 795. The van der Waals surface area contributed by atoms with Crippen molar-refractivity contribution >= 4 is 17.3 Å². The second-order valence-corrected chi connectivity index (χ2v) is 8.62. The van der Waals surface area contributed by atoms with E-state index >= 15 is 0 Å². The van der Waals surface area contributed by atoms with Crippen molar-refractivity contribution < 1.29 is 9.47 Å². The minimum Gasteiger partial charge on any atom is -0.493 e. The van der Waals surface area contributed by atoms with Crippen LogP contribution in [0.25, 0.3) is 0 Å². The molecule has 1 aliphatic heterocycles. The van der Waals surface area contributed by atoms with E-state index in [0.29, 0.717) is 12.5 Å². The first kappa shape index (κ1) is 22.4.